The summed E-state index contributed by atoms with van der Waals surface area (Å²) < 4.78 is 5.59. The molecule has 0 atom stereocenters. The van der Waals surface area contributed by atoms with E-state index in [0.717, 1.165) is 5.56 Å². The number of halogens is 1. The zero-order valence-electron chi connectivity index (χ0n) is 8.45. The molecule has 0 spiro atoms. The van der Waals surface area contributed by atoms with E-state index in [1.165, 1.54) is 13.2 Å². The molecular weight excluding hydrogens is 278 g/mol. The van der Waals surface area contributed by atoms with Gasteiger partial charge in [0.25, 0.3) is 0 Å². The number of carbonyl (C=O) groups is 1. The minimum atomic E-state index is -0.546. The molecular formula is C10H8BrNO4. The van der Waals surface area contributed by atoms with Crippen LogP contribution in [-0.2, 0) is 6.42 Å². The van der Waals surface area contributed by atoms with Crippen LogP contribution in [0.25, 0.3) is 0 Å². The first-order chi connectivity index (χ1) is 7.56. The lowest BCUT2D eigenvalue weighted by Gasteiger charge is -2.08. The van der Waals surface area contributed by atoms with E-state index in [1.54, 1.807) is 0 Å². The van der Waals surface area contributed by atoms with E-state index >= 15 is 0 Å². The Morgan fingerprint density at radius 1 is 1.50 bits per heavy atom. The van der Waals surface area contributed by atoms with E-state index in [9.17, 15) is 14.9 Å². The lowest BCUT2D eigenvalue weighted by Crippen LogP contribution is -2.02. The number of nitro benzene ring substituents is 1. The molecule has 0 amide bonds. The van der Waals surface area contributed by atoms with Gasteiger partial charge in [0.15, 0.2) is 5.78 Å². The van der Waals surface area contributed by atoms with E-state index in [-0.39, 0.29) is 17.2 Å². The van der Waals surface area contributed by atoms with Crippen LogP contribution in [0.5, 0.6) is 5.75 Å². The molecule has 0 radical (unpaired) electrons. The summed E-state index contributed by atoms with van der Waals surface area (Å²) in [6.45, 7) is 0. The SMILES string of the molecule is COc1c([N+](=O)[O-])cc(Br)c2c1C(=O)CC2. The summed E-state index contributed by atoms with van der Waals surface area (Å²) in [6.07, 6.45) is 0.981. The molecule has 0 fully saturated rings. The van der Waals surface area contributed by atoms with Gasteiger partial charge in [0, 0.05) is 17.0 Å². The van der Waals surface area contributed by atoms with Gasteiger partial charge in [-0.2, -0.15) is 0 Å². The second-order valence-corrected chi connectivity index (χ2v) is 4.30. The molecule has 0 bridgehead atoms. The number of hydrogen-bond acceptors (Lipinski definition) is 4. The van der Waals surface area contributed by atoms with Crippen molar-refractivity contribution in [2.24, 2.45) is 0 Å². The van der Waals surface area contributed by atoms with E-state index in [2.05, 4.69) is 15.9 Å². The molecule has 0 N–H and O–H groups in total. The van der Waals surface area contributed by atoms with Crippen LogP contribution in [0.15, 0.2) is 10.5 Å². The van der Waals surface area contributed by atoms with Crippen LogP contribution >= 0.6 is 15.9 Å². The second-order valence-electron chi connectivity index (χ2n) is 3.44. The highest BCUT2D eigenvalue weighted by Crippen LogP contribution is 2.42. The molecule has 0 unspecified atom stereocenters. The fourth-order valence-electron chi connectivity index (χ4n) is 1.90. The summed E-state index contributed by atoms with van der Waals surface area (Å²) in [5, 5.41) is 10.8. The van der Waals surface area contributed by atoms with E-state index in [0.29, 0.717) is 22.9 Å². The summed E-state index contributed by atoms with van der Waals surface area (Å²) in [5.41, 5.74) is 0.972. The smallest absolute Gasteiger partial charge is 0.312 e. The maximum atomic E-state index is 11.6. The van der Waals surface area contributed by atoms with Crippen molar-refractivity contribution in [2.75, 3.05) is 7.11 Å². The number of ether oxygens (including phenoxy) is 1. The van der Waals surface area contributed by atoms with Crippen LogP contribution in [0.1, 0.15) is 22.3 Å². The van der Waals surface area contributed by atoms with Gasteiger partial charge in [-0.1, -0.05) is 15.9 Å². The quantitative estimate of drug-likeness (QED) is 0.618. The number of fused-ring (bicyclic) bond motifs is 1. The first kappa shape index (κ1) is 11.1. The highest BCUT2D eigenvalue weighted by Gasteiger charge is 2.32. The number of nitrogens with zero attached hydrogens (tertiary/aromatic N) is 1. The van der Waals surface area contributed by atoms with Gasteiger partial charge in [0.1, 0.15) is 0 Å². The molecule has 0 aromatic heterocycles. The van der Waals surface area contributed by atoms with Crippen molar-refractivity contribution in [3.63, 3.8) is 0 Å². The Kier molecular flexibility index (Phi) is 2.67. The number of carbonyl (C=O) groups excluding carboxylic acids is 1. The predicted octanol–water partition coefficient (Wildman–Crippen LogP) is 2.49. The molecule has 16 heavy (non-hydrogen) atoms. The van der Waals surface area contributed by atoms with Crippen LogP contribution in [0.2, 0.25) is 0 Å². The highest BCUT2D eigenvalue weighted by molar-refractivity contribution is 9.10. The number of ketones is 1. The molecule has 0 saturated heterocycles. The van der Waals surface area contributed by atoms with E-state index in [4.69, 9.17) is 4.74 Å². The number of rotatable bonds is 2. The van der Waals surface area contributed by atoms with Crippen molar-refractivity contribution < 1.29 is 14.5 Å². The maximum absolute atomic E-state index is 11.6. The standard InChI is InChI=1S/C10H8BrNO4/c1-16-10-7(12(14)15)4-6(11)5-2-3-8(13)9(5)10/h4H,2-3H2,1H3. The number of hydrogen-bond donors (Lipinski definition) is 0. The summed E-state index contributed by atoms with van der Waals surface area (Å²) in [4.78, 5) is 21.9. The Labute approximate surface area is 99.7 Å². The van der Waals surface area contributed by atoms with Crippen LogP contribution in [0.4, 0.5) is 5.69 Å². The third-order valence-electron chi connectivity index (χ3n) is 2.59. The van der Waals surface area contributed by atoms with Crippen LogP contribution in [0, 0.1) is 10.1 Å². The van der Waals surface area contributed by atoms with Crippen molar-refractivity contribution in [2.45, 2.75) is 12.8 Å². The molecule has 0 heterocycles. The van der Waals surface area contributed by atoms with Gasteiger partial charge in [0.2, 0.25) is 5.75 Å². The Bertz CT molecular complexity index is 498. The van der Waals surface area contributed by atoms with Gasteiger partial charge in [-0.05, 0) is 12.0 Å². The predicted molar refractivity (Wildman–Crippen MR) is 60.0 cm³/mol. The lowest BCUT2D eigenvalue weighted by atomic mass is 10.1. The fourth-order valence-corrected chi connectivity index (χ4v) is 2.52. The third kappa shape index (κ3) is 1.49. The summed E-state index contributed by atoms with van der Waals surface area (Å²) >= 11 is 3.25. The monoisotopic (exact) mass is 285 g/mol. The van der Waals surface area contributed by atoms with Crippen molar-refractivity contribution >= 4 is 27.4 Å². The van der Waals surface area contributed by atoms with Crippen molar-refractivity contribution in [1.82, 2.24) is 0 Å². The Hall–Kier alpha value is -1.43. The maximum Gasteiger partial charge on any atom is 0.312 e. The minimum Gasteiger partial charge on any atom is -0.490 e. The molecule has 1 aliphatic carbocycles. The summed E-state index contributed by atoms with van der Waals surface area (Å²) in [6, 6.07) is 1.39. The van der Waals surface area contributed by atoms with E-state index < -0.39 is 4.92 Å². The molecule has 0 aliphatic heterocycles. The van der Waals surface area contributed by atoms with Crippen molar-refractivity contribution in [3.8, 4) is 5.75 Å². The first-order valence-electron chi connectivity index (χ1n) is 4.63. The first-order valence-corrected chi connectivity index (χ1v) is 5.42. The zero-order valence-corrected chi connectivity index (χ0v) is 10.0. The average Bonchev–Trinajstić information content (AvgIpc) is 2.61. The van der Waals surface area contributed by atoms with Gasteiger partial charge >= 0.3 is 5.69 Å². The van der Waals surface area contributed by atoms with Crippen molar-refractivity contribution in [1.29, 1.82) is 0 Å². The Morgan fingerprint density at radius 2 is 2.19 bits per heavy atom. The van der Waals surface area contributed by atoms with Gasteiger partial charge in [0.05, 0.1) is 17.6 Å². The van der Waals surface area contributed by atoms with Crippen LogP contribution in [-0.4, -0.2) is 17.8 Å². The van der Waals surface area contributed by atoms with Gasteiger partial charge in [-0.15, -0.1) is 0 Å². The van der Waals surface area contributed by atoms with Crippen LogP contribution < -0.4 is 4.74 Å². The normalized spacial score (nSPS) is 13.8. The molecule has 0 saturated carbocycles. The largest absolute Gasteiger partial charge is 0.490 e. The molecule has 1 aromatic rings. The topological polar surface area (TPSA) is 69.4 Å². The van der Waals surface area contributed by atoms with Gasteiger partial charge in [-0.25, -0.2) is 0 Å². The van der Waals surface area contributed by atoms with Gasteiger partial charge < -0.3 is 4.74 Å². The number of methoxy groups -OCH3 is 1. The Balaban J connectivity index is 2.77. The molecule has 1 aromatic carbocycles. The Morgan fingerprint density at radius 3 is 2.75 bits per heavy atom. The number of nitro groups is 1. The minimum absolute atomic E-state index is 0.0747. The molecule has 2 rings (SSSR count). The average molecular weight is 286 g/mol. The highest BCUT2D eigenvalue weighted by atomic mass is 79.9. The summed E-state index contributed by atoms with van der Waals surface area (Å²) in [7, 11) is 1.34. The van der Waals surface area contributed by atoms with Gasteiger partial charge in [-0.3, -0.25) is 14.9 Å². The number of benzene rings is 1. The molecule has 5 nitrogen and oxygen atoms in total. The molecule has 6 heteroatoms. The fraction of sp³-hybridized carbons (Fsp3) is 0.300. The lowest BCUT2D eigenvalue weighted by molar-refractivity contribution is -0.385. The molecule has 84 valence electrons. The summed E-state index contributed by atoms with van der Waals surface area (Å²) in [5.74, 6) is -0.0260. The molecule has 1 aliphatic rings. The second kappa shape index (κ2) is 3.86. The van der Waals surface area contributed by atoms with Crippen LogP contribution in [0.3, 0.4) is 0 Å². The van der Waals surface area contributed by atoms with E-state index in [1.807, 2.05) is 0 Å². The van der Waals surface area contributed by atoms with Crippen molar-refractivity contribution in [3.05, 3.63) is 31.8 Å². The zero-order chi connectivity index (χ0) is 11.9. The number of Topliss-reactive ketones (excluding diaryl/α,β-unsaturated/α-hetero) is 1. The third-order valence-corrected chi connectivity index (χ3v) is 3.30.